The van der Waals surface area contributed by atoms with Crippen LogP contribution in [0.5, 0.6) is 0 Å². The number of rotatable bonds is 2. The van der Waals surface area contributed by atoms with Gasteiger partial charge in [0, 0.05) is 16.5 Å². The lowest BCUT2D eigenvalue weighted by atomic mass is 9.37. The monoisotopic (exact) mass is 635 g/mol. The Balaban J connectivity index is 1.28. The van der Waals surface area contributed by atoms with E-state index in [2.05, 4.69) is 157 Å². The van der Waals surface area contributed by atoms with E-state index >= 15 is 0 Å². The molecule has 230 valence electrons. The molecule has 0 unspecified atom stereocenters. The highest BCUT2D eigenvalue weighted by Gasteiger charge is 2.44. The van der Waals surface area contributed by atoms with Crippen molar-refractivity contribution >= 4 is 94.8 Å². The van der Waals surface area contributed by atoms with Gasteiger partial charge in [-0.3, -0.25) is 0 Å². The minimum atomic E-state index is 0.0855. The molecule has 2 aromatic heterocycles. The molecule has 0 spiro atoms. The molecule has 0 atom stereocenters. The number of hydrogen-bond donors (Lipinski definition) is 0. The second kappa shape index (κ2) is 9.55. The lowest BCUT2D eigenvalue weighted by Gasteiger charge is -2.37. The molecule has 2 aliphatic heterocycles. The first-order valence-corrected chi connectivity index (χ1v) is 17.2. The Bertz CT molecular complexity index is 3070. The first-order valence-electron chi connectivity index (χ1n) is 17.2. The maximum absolute atomic E-state index is 6.58. The van der Waals surface area contributed by atoms with Crippen molar-refractivity contribution in [2.24, 2.45) is 0 Å². The summed E-state index contributed by atoms with van der Waals surface area (Å²) in [5, 5.41) is 6.96. The molecular weight excluding hydrogens is 609 g/mol. The largest absolute Gasteiger partial charge is 0.456 e. The fourth-order valence-electron chi connectivity index (χ4n) is 9.06. The van der Waals surface area contributed by atoms with Crippen molar-refractivity contribution in [3.63, 3.8) is 0 Å². The molecule has 2 aliphatic rings. The van der Waals surface area contributed by atoms with Crippen molar-refractivity contribution in [2.45, 2.75) is 0 Å². The molecule has 0 radical (unpaired) electrons. The van der Waals surface area contributed by atoms with Crippen molar-refractivity contribution in [2.75, 3.05) is 4.90 Å². The second-order valence-electron chi connectivity index (χ2n) is 13.6. The Labute approximate surface area is 287 Å². The summed E-state index contributed by atoms with van der Waals surface area (Å²) in [5.41, 5.74) is 16.0. The van der Waals surface area contributed by atoms with E-state index in [1.54, 1.807) is 0 Å². The molecule has 10 aromatic rings. The number of fused-ring (bicyclic) bond motifs is 13. The van der Waals surface area contributed by atoms with Crippen molar-refractivity contribution in [3.05, 3.63) is 158 Å². The number of furan rings is 2. The van der Waals surface area contributed by atoms with E-state index in [0.29, 0.717) is 0 Å². The Kier molecular flexibility index (Phi) is 5.05. The third kappa shape index (κ3) is 3.35. The zero-order valence-electron chi connectivity index (χ0n) is 26.9. The van der Waals surface area contributed by atoms with Crippen LogP contribution < -0.4 is 21.3 Å². The molecule has 50 heavy (non-hydrogen) atoms. The van der Waals surface area contributed by atoms with Gasteiger partial charge in [-0.25, -0.2) is 0 Å². The van der Waals surface area contributed by atoms with E-state index in [4.69, 9.17) is 8.83 Å². The standard InChI is InChI=1S/C46H26BNO2/c1-2-13-29-27(11-1)12-9-17-30(29)28-25-34-31-14-3-6-18-35(31)47-36-23-24-42-44(33-16-5-8-21-40(33)50-42)46(36)48(38(26-28)45(34)47)37-19-10-22-41-43(37)32-15-4-7-20-39(32)49-41/h1-26H. The van der Waals surface area contributed by atoms with Crippen LogP contribution in [0.4, 0.5) is 17.1 Å². The van der Waals surface area contributed by atoms with Crippen LogP contribution >= 0.6 is 0 Å². The van der Waals surface area contributed by atoms with E-state index in [0.717, 1.165) is 49.6 Å². The molecule has 8 aromatic carbocycles. The van der Waals surface area contributed by atoms with Crippen LogP contribution in [-0.4, -0.2) is 6.71 Å². The van der Waals surface area contributed by atoms with Crippen molar-refractivity contribution < 1.29 is 8.83 Å². The Hall–Kier alpha value is -6.52. The summed E-state index contributed by atoms with van der Waals surface area (Å²) < 4.78 is 13.1. The molecule has 0 aliphatic carbocycles. The third-order valence-electron chi connectivity index (χ3n) is 11.1. The van der Waals surface area contributed by atoms with Crippen LogP contribution in [0.2, 0.25) is 0 Å². The zero-order chi connectivity index (χ0) is 32.5. The van der Waals surface area contributed by atoms with E-state index in [9.17, 15) is 0 Å². The van der Waals surface area contributed by atoms with Crippen LogP contribution in [0, 0.1) is 0 Å². The van der Waals surface area contributed by atoms with Gasteiger partial charge in [0.05, 0.1) is 22.1 Å². The molecule has 4 heteroatoms. The minimum absolute atomic E-state index is 0.0855. The van der Waals surface area contributed by atoms with E-state index in [1.807, 2.05) is 6.07 Å². The Morgan fingerprint density at radius 2 is 1.06 bits per heavy atom. The average Bonchev–Trinajstić information content (AvgIpc) is 3.85. The molecule has 0 saturated carbocycles. The van der Waals surface area contributed by atoms with E-state index < -0.39 is 0 Å². The summed E-state index contributed by atoms with van der Waals surface area (Å²) in [5.74, 6) is 0. The van der Waals surface area contributed by atoms with Crippen LogP contribution in [0.25, 0.3) is 76.9 Å². The lowest BCUT2D eigenvalue weighted by molar-refractivity contribution is 0.669. The SMILES string of the molecule is c1ccc2c(c1)B1c3ccc4oc5ccccc5c4c3N(c3cccc4oc5ccccc5c34)c3cc(-c4cccc5ccccc45)cc-2c31. The molecule has 0 amide bonds. The normalized spacial score (nSPS) is 13.1. The molecule has 3 nitrogen and oxygen atoms in total. The van der Waals surface area contributed by atoms with Gasteiger partial charge in [-0.05, 0) is 86.4 Å². The Morgan fingerprint density at radius 1 is 0.420 bits per heavy atom. The van der Waals surface area contributed by atoms with E-state index in [-0.39, 0.29) is 6.71 Å². The summed E-state index contributed by atoms with van der Waals surface area (Å²) in [4.78, 5) is 2.53. The maximum Gasteiger partial charge on any atom is 0.248 e. The summed E-state index contributed by atoms with van der Waals surface area (Å²) in [6.07, 6.45) is 0. The van der Waals surface area contributed by atoms with Gasteiger partial charge in [0.1, 0.15) is 22.3 Å². The maximum atomic E-state index is 6.58. The number of para-hydroxylation sites is 2. The predicted molar refractivity (Wildman–Crippen MR) is 209 cm³/mol. The van der Waals surface area contributed by atoms with Crippen LogP contribution in [-0.2, 0) is 0 Å². The molecular formula is C46H26BNO2. The average molecular weight is 636 g/mol. The van der Waals surface area contributed by atoms with Crippen LogP contribution in [0.1, 0.15) is 0 Å². The number of hydrogen-bond acceptors (Lipinski definition) is 3. The van der Waals surface area contributed by atoms with Crippen molar-refractivity contribution in [1.29, 1.82) is 0 Å². The second-order valence-corrected chi connectivity index (χ2v) is 13.6. The smallest absolute Gasteiger partial charge is 0.248 e. The number of anilines is 3. The van der Waals surface area contributed by atoms with Crippen molar-refractivity contribution in [1.82, 2.24) is 0 Å². The highest BCUT2D eigenvalue weighted by atomic mass is 16.3. The van der Waals surface area contributed by atoms with Gasteiger partial charge in [-0.2, -0.15) is 0 Å². The summed E-state index contributed by atoms with van der Waals surface area (Å²) in [7, 11) is 0. The molecule has 4 heterocycles. The van der Waals surface area contributed by atoms with Gasteiger partial charge >= 0.3 is 0 Å². The quantitative estimate of drug-likeness (QED) is 0.177. The first kappa shape index (κ1) is 26.4. The van der Waals surface area contributed by atoms with Gasteiger partial charge in [-0.1, -0.05) is 121 Å². The third-order valence-corrected chi connectivity index (χ3v) is 11.1. The van der Waals surface area contributed by atoms with Gasteiger partial charge in [-0.15, -0.1) is 0 Å². The highest BCUT2D eigenvalue weighted by molar-refractivity contribution is 7.01. The van der Waals surface area contributed by atoms with Gasteiger partial charge in [0.15, 0.2) is 0 Å². The van der Waals surface area contributed by atoms with Gasteiger partial charge in [0.25, 0.3) is 0 Å². The minimum Gasteiger partial charge on any atom is -0.456 e. The predicted octanol–water partition coefficient (Wildman–Crippen LogP) is 10.6. The molecule has 0 fully saturated rings. The molecule has 0 bridgehead atoms. The fraction of sp³-hybridized carbons (Fsp3) is 0. The molecule has 12 rings (SSSR count). The first-order chi connectivity index (χ1) is 24.8. The van der Waals surface area contributed by atoms with Gasteiger partial charge in [0.2, 0.25) is 6.71 Å². The topological polar surface area (TPSA) is 29.5 Å². The van der Waals surface area contributed by atoms with Crippen molar-refractivity contribution in [3.8, 4) is 22.3 Å². The fourth-order valence-corrected chi connectivity index (χ4v) is 9.06. The summed E-state index contributed by atoms with van der Waals surface area (Å²) >= 11 is 0. The van der Waals surface area contributed by atoms with Gasteiger partial charge < -0.3 is 13.7 Å². The highest BCUT2D eigenvalue weighted by Crippen LogP contribution is 2.50. The van der Waals surface area contributed by atoms with Crippen LogP contribution in [0.3, 0.4) is 0 Å². The number of nitrogens with zero attached hydrogens (tertiary/aromatic N) is 1. The summed E-state index contributed by atoms with van der Waals surface area (Å²) in [6, 6.07) is 57.0. The van der Waals surface area contributed by atoms with Crippen LogP contribution in [0.15, 0.2) is 167 Å². The van der Waals surface area contributed by atoms with E-state index in [1.165, 1.54) is 60.8 Å². The molecule has 0 N–H and O–H groups in total. The number of benzene rings is 8. The summed E-state index contributed by atoms with van der Waals surface area (Å²) in [6.45, 7) is 0.0855. The zero-order valence-corrected chi connectivity index (χ0v) is 26.9. The lowest BCUT2D eigenvalue weighted by Crippen LogP contribution is -2.54. The Morgan fingerprint density at radius 3 is 1.92 bits per heavy atom. The molecule has 0 saturated heterocycles.